The van der Waals surface area contributed by atoms with Crippen LogP contribution < -0.4 is 10.1 Å². The first-order valence-electron chi connectivity index (χ1n) is 11.0. The molecule has 0 unspecified atom stereocenters. The summed E-state index contributed by atoms with van der Waals surface area (Å²) in [5.74, 6) is -0.274. The highest BCUT2D eigenvalue weighted by molar-refractivity contribution is 6.35. The van der Waals surface area contributed by atoms with E-state index in [0.29, 0.717) is 35.4 Å². The van der Waals surface area contributed by atoms with Crippen LogP contribution in [0.3, 0.4) is 0 Å². The van der Waals surface area contributed by atoms with Crippen molar-refractivity contribution in [1.29, 1.82) is 0 Å². The van der Waals surface area contributed by atoms with Crippen LogP contribution in [-0.2, 0) is 20.9 Å². The molecule has 10 heteroatoms. The highest BCUT2D eigenvalue weighted by Crippen LogP contribution is 2.40. The van der Waals surface area contributed by atoms with Crippen LogP contribution in [0.15, 0.2) is 17.1 Å². The second-order valence-electron chi connectivity index (χ2n) is 8.38. The van der Waals surface area contributed by atoms with Crippen LogP contribution in [0, 0.1) is 0 Å². The van der Waals surface area contributed by atoms with Crippen molar-refractivity contribution < 1.29 is 24.2 Å². The molecule has 2 heterocycles. The summed E-state index contributed by atoms with van der Waals surface area (Å²) in [6.45, 7) is 0.841. The SMILES string of the molecule is O=C(O)CN(C(=O)CCCOc1ccc2c(c1Cl)N=C1NC(=O)CN1C2)C1CCCCC1. The highest BCUT2D eigenvalue weighted by Gasteiger charge is 2.31. The number of carbonyl (C=O) groups excluding carboxylic acids is 2. The number of guanidine groups is 1. The lowest BCUT2D eigenvalue weighted by molar-refractivity contribution is -0.146. The third-order valence-electron chi connectivity index (χ3n) is 6.06. The Kier molecular flexibility index (Phi) is 6.83. The quantitative estimate of drug-likeness (QED) is 0.574. The third-order valence-corrected chi connectivity index (χ3v) is 6.43. The molecule has 0 atom stereocenters. The number of carboxylic acids is 1. The van der Waals surface area contributed by atoms with E-state index in [1.807, 2.05) is 11.0 Å². The van der Waals surface area contributed by atoms with Crippen molar-refractivity contribution in [3.05, 3.63) is 22.7 Å². The van der Waals surface area contributed by atoms with Crippen LogP contribution in [0.1, 0.15) is 50.5 Å². The molecule has 1 saturated carbocycles. The first kappa shape index (κ1) is 22.4. The van der Waals surface area contributed by atoms with Gasteiger partial charge in [0.05, 0.1) is 12.3 Å². The highest BCUT2D eigenvalue weighted by atomic mass is 35.5. The summed E-state index contributed by atoms with van der Waals surface area (Å²) >= 11 is 6.50. The standard InChI is InChI=1S/C22H27ClN4O5/c23-20-16(9-8-14-11-26-12-17(28)24-22(26)25-21(14)20)32-10-4-7-18(29)27(13-19(30)31)15-5-2-1-3-6-15/h8-9,15H,1-7,10-13H2,(H,30,31)(H,24,25,28). The van der Waals surface area contributed by atoms with Gasteiger partial charge in [-0.15, -0.1) is 0 Å². The molecular formula is C22H27ClN4O5. The van der Waals surface area contributed by atoms with Gasteiger partial charge in [0.25, 0.3) is 0 Å². The molecule has 3 aliphatic rings. The molecule has 0 bridgehead atoms. The number of rotatable bonds is 8. The molecule has 1 saturated heterocycles. The van der Waals surface area contributed by atoms with Gasteiger partial charge in [-0.05, 0) is 30.9 Å². The molecule has 0 radical (unpaired) electrons. The lowest BCUT2D eigenvalue weighted by Crippen LogP contribution is -2.44. The van der Waals surface area contributed by atoms with Gasteiger partial charge in [-0.2, -0.15) is 0 Å². The van der Waals surface area contributed by atoms with Crippen LogP contribution in [0.2, 0.25) is 5.02 Å². The Hall–Kier alpha value is -2.81. The Bertz CT molecular complexity index is 944. The first-order chi connectivity index (χ1) is 15.4. The van der Waals surface area contributed by atoms with Gasteiger partial charge in [0, 0.05) is 19.0 Å². The number of fused-ring (bicyclic) bond motifs is 2. The van der Waals surface area contributed by atoms with Gasteiger partial charge in [-0.1, -0.05) is 36.9 Å². The van der Waals surface area contributed by atoms with Gasteiger partial charge < -0.3 is 19.6 Å². The van der Waals surface area contributed by atoms with Crippen molar-refractivity contribution in [2.75, 3.05) is 19.7 Å². The van der Waals surface area contributed by atoms with Gasteiger partial charge in [0.1, 0.15) is 23.9 Å². The fraction of sp³-hybridized carbons (Fsp3) is 0.545. The maximum absolute atomic E-state index is 12.7. The minimum Gasteiger partial charge on any atom is -0.492 e. The van der Waals surface area contributed by atoms with Gasteiger partial charge >= 0.3 is 5.97 Å². The number of aliphatic carboxylic acids is 1. The zero-order valence-electron chi connectivity index (χ0n) is 17.8. The topological polar surface area (TPSA) is 112 Å². The number of nitrogens with one attached hydrogen (secondary N) is 1. The Balaban J connectivity index is 1.33. The lowest BCUT2D eigenvalue weighted by Gasteiger charge is -2.33. The second kappa shape index (κ2) is 9.77. The number of benzene rings is 1. The zero-order chi connectivity index (χ0) is 22.7. The fourth-order valence-electron chi connectivity index (χ4n) is 4.49. The minimum atomic E-state index is -0.986. The Morgan fingerprint density at radius 1 is 1.25 bits per heavy atom. The maximum atomic E-state index is 12.7. The zero-order valence-corrected chi connectivity index (χ0v) is 18.6. The molecule has 2 aliphatic heterocycles. The van der Waals surface area contributed by atoms with Crippen molar-refractivity contribution in [3.63, 3.8) is 0 Å². The molecule has 2 fully saturated rings. The molecule has 2 amide bonds. The van der Waals surface area contributed by atoms with Crippen molar-refractivity contribution >= 4 is 41.0 Å². The molecule has 0 spiro atoms. The van der Waals surface area contributed by atoms with E-state index in [-0.39, 0.29) is 44.0 Å². The number of hydrogen-bond acceptors (Lipinski definition) is 6. The van der Waals surface area contributed by atoms with Crippen LogP contribution in [-0.4, -0.2) is 64.4 Å². The van der Waals surface area contributed by atoms with E-state index in [1.54, 1.807) is 6.07 Å². The van der Waals surface area contributed by atoms with Crippen molar-refractivity contribution in [2.24, 2.45) is 4.99 Å². The normalized spacial score (nSPS) is 17.8. The molecule has 2 N–H and O–H groups in total. The van der Waals surface area contributed by atoms with E-state index >= 15 is 0 Å². The van der Waals surface area contributed by atoms with Crippen LogP contribution in [0.25, 0.3) is 0 Å². The molecule has 1 aliphatic carbocycles. The number of ether oxygens (including phenoxy) is 1. The lowest BCUT2D eigenvalue weighted by atomic mass is 9.94. The van der Waals surface area contributed by atoms with Gasteiger partial charge in [-0.25, -0.2) is 4.99 Å². The molecule has 172 valence electrons. The predicted octanol–water partition coefficient (Wildman–Crippen LogP) is 2.68. The summed E-state index contributed by atoms with van der Waals surface area (Å²) in [4.78, 5) is 43.4. The third kappa shape index (κ3) is 4.98. The molecule has 1 aromatic carbocycles. The number of amides is 2. The van der Waals surface area contributed by atoms with Crippen molar-refractivity contribution in [1.82, 2.24) is 15.1 Å². The maximum Gasteiger partial charge on any atom is 0.323 e. The molecule has 32 heavy (non-hydrogen) atoms. The smallest absolute Gasteiger partial charge is 0.323 e. The van der Waals surface area contributed by atoms with Crippen molar-refractivity contribution in [2.45, 2.75) is 57.5 Å². The number of carboxylic acid groups (broad SMARTS) is 1. The molecule has 4 rings (SSSR count). The number of hydrogen-bond donors (Lipinski definition) is 2. The van der Waals surface area contributed by atoms with E-state index in [9.17, 15) is 19.5 Å². The number of nitrogens with zero attached hydrogens (tertiary/aromatic N) is 3. The Morgan fingerprint density at radius 3 is 2.78 bits per heavy atom. The summed E-state index contributed by atoms with van der Waals surface area (Å²) in [6, 6.07) is 3.66. The number of carbonyl (C=O) groups is 3. The van der Waals surface area contributed by atoms with Gasteiger partial charge in [0.15, 0.2) is 0 Å². The summed E-state index contributed by atoms with van der Waals surface area (Å²) in [6.07, 6.45) is 5.58. The van der Waals surface area contributed by atoms with E-state index in [2.05, 4.69) is 10.3 Å². The molecule has 0 aromatic heterocycles. The van der Waals surface area contributed by atoms with Gasteiger partial charge in [0.2, 0.25) is 17.8 Å². The van der Waals surface area contributed by atoms with Crippen LogP contribution >= 0.6 is 11.6 Å². The second-order valence-corrected chi connectivity index (χ2v) is 8.76. The molecule has 1 aromatic rings. The summed E-state index contributed by atoms with van der Waals surface area (Å²) in [5.41, 5.74) is 1.49. The number of halogens is 1. The predicted molar refractivity (Wildman–Crippen MR) is 118 cm³/mol. The summed E-state index contributed by atoms with van der Waals surface area (Å²) in [5, 5.41) is 12.3. The van der Waals surface area contributed by atoms with E-state index in [0.717, 1.165) is 37.7 Å². The van der Waals surface area contributed by atoms with Crippen LogP contribution in [0.4, 0.5) is 5.69 Å². The summed E-state index contributed by atoms with van der Waals surface area (Å²) in [7, 11) is 0. The van der Waals surface area contributed by atoms with E-state index in [1.165, 1.54) is 4.90 Å². The average molecular weight is 463 g/mol. The molecular weight excluding hydrogens is 436 g/mol. The van der Waals surface area contributed by atoms with Crippen molar-refractivity contribution in [3.8, 4) is 5.75 Å². The Labute approximate surface area is 191 Å². The largest absolute Gasteiger partial charge is 0.492 e. The Morgan fingerprint density at radius 2 is 2.03 bits per heavy atom. The van der Waals surface area contributed by atoms with E-state index in [4.69, 9.17) is 16.3 Å². The van der Waals surface area contributed by atoms with Gasteiger partial charge in [-0.3, -0.25) is 19.7 Å². The number of aliphatic imine (C=N–C) groups is 1. The average Bonchev–Trinajstić information content (AvgIpc) is 3.14. The summed E-state index contributed by atoms with van der Waals surface area (Å²) < 4.78 is 5.80. The fourth-order valence-corrected chi connectivity index (χ4v) is 4.77. The first-order valence-corrected chi connectivity index (χ1v) is 11.4. The van der Waals surface area contributed by atoms with Crippen LogP contribution in [0.5, 0.6) is 5.75 Å². The minimum absolute atomic E-state index is 0.0121. The monoisotopic (exact) mass is 462 g/mol. The molecule has 9 nitrogen and oxygen atoms in total. The van der Waals surface area contributed by atoms with E-state index < -0.39 is 5.97 Å².